The number of hydrazine groups is 1. The fourth-order valence-electron chi connectivity index (χ4n) is 0.485. The molecule has 0 saturated heterocycles. The molecule has 0 fully saturated rings. The number of methoxy groups -OCH3 is 1. The molecule has 0 aliphatic carbocycles. The van der Waals surface area contributed by atoms with E-state index in [1.807, 2.05) is 0 Å². The van der Waals surface area contributed by atoms with Gasteiger partial charge in [-0.2, -0.15) is 0 Å². The molecule has 0 amide bonds. The quantitative estimate of drug-likeness (QED) is 0.399. The third-order valence-electron chi connectivity index (χ3n) is 1.10. The van der Waals surface area contributed by atoms with Gasteiger partial charge in [-0.25, -0.2) is 0 Å². The molecule has 0 radical (unpaired) electrons. The first-order valence-corrected chi connectivity index (χ1v) is 2.80. The second-order valence-corrected chi connectivity index (χ2v) is 1.73. The van der Waals surface area contributed by atoms with Gasteiger partial charge in [0.25, 0.3) is 0 Å². The maximum Gasteiger partial charge on any atom is 0.0629 e. The first-order valence-electron chi connectivity index (χ1n) is 2.80. The molecule has 3 nitrogen and oxygen atoms in total. The number of nitrogens with two attached hydrogens (primary N) is 1. The predicted octanol–water partition coefficient (Wildman–Crippen LogP) is -0.125. The molecular weight excluding hydrogens is 104 g/mol. The Morgan fingerprint density at radius 2 is 2.38 bits per heavy atom. The summed E-state index contributed by atoms with van der Waals surface area (Å²) < 4.78 is 4.84. The van der Waals surface area contributed by atoms with E-state index in [1.54, 1.807) is 7.11 Å². The van der Waals surface area contributed by atoms with Crippen molar-refractivity contribution in [3.63, 3.8) is 0 Å². The molecule has 0 saturated carbocycles. The van der Waals surface area contributed by atoms with Gasteiger partial charge in [-0.15, -0.1) is 0 Å². The first kappa shape index (κ1) is 7.88. The highest BCUT2D eigenvalue weighted by atomic mass is 16.5. The molecular formula is C5H14N2O. The van der Waals surface area contributed by atoms with Gasteiger partial charge in [0.15, 0.2) is 0 Å². The SMILES string of the molecule is CCC(COC)NN. The highest BCUT2D eigenvalue weighted by Gasteiger charge is 1.98. The van der Waals surface area contributed by atoms with Crippen LogP contribution in [0.25, 0.3) is 0 Å². The first-order chi connectivity index (χ1) is 3.85. The van der Waals surface area contributed by atoms with Gasteiger partial charge in [0.1, 0.15) is 0 Å². The van der Waals surface area contributed by atoms with Gasteiger partial charge < -0.3 is 4.74 Å². The van der Waals surface area contributed by atoms with Crippen LogP contribution in [-0.2, 0) is 4.74 Å². The largest absolute Gasteiger partial charge is 0.383 e. The summed E-state index contributed by atoms with van der Waals surface area (Å²) in [5, 5.41) is 0. The van der Waals surface area contributed by atoms with Crippen molar-refractivity contribution < 1.29 is 4.74 Å². The lowest BCUT2D eigenvalue weighted by Gasteiger charge is -2.10. The van der Waals surface area contributed by atoms with Gasteiger partial charge in [0, 0.05) is 13.2 Å². The summed E-state index contributed by atoms with van der Waals surface area (Å²) in [7, 11) is 1.67. The molecule has 0 bridgehead atoms. The van der Waals surface area contributed by atoms with Crippen molar-refractivity contribution in [3.05, 3.63) is 0 Å². The summed E-state index contributed by atoms with van der Waals surface area (Å²) in [6, 6.07) is 0.306. The third kappa shape index (κ3) is 2.96. The van der Waals surface area contributed by atoms with Crippen LogP contribution in [0.3, 0.4) is 0 Å². The highest BCUT2D eigenvalue weighted by Crippen LogP contribution is 1.86. The Kier molecular flexibility index (Phi) is 4.95. The highest BCUT2D eigenvalue weighted by molar-refractivity contribution is 4.56. The van der Waals surface area contributed by atoms with Crippen molar-refractivity contribution in [1.29, 1.82) is 0 Å². The summed E-state index contributed by atoms with van der Waals surface area (Å²) in [5.41, 5.74) is 2.63. The molecule has 0 aliphatic rings. The van der Waals surface area contributed by atoms with Crippen molar-refractivity contribution in [2.45, 2.75) is 19.4 Å². The summed E-state index contributed by atoms with van der Waals surface area (Å²) in [5.74, 6) is 5.14. The van der Waals surface area contributed by atoms with E-state index in [1.165, 1.54) is 0 Å². The van der Waals surface area contributed by atoms with Crippen LogP contribution in [0.15, 0.2) is 0 Å². The zero-order chi connectivity index (χ0) is 6.41. The smallest absolute Gasteiger partial charge is 0.0629 e. The Labute approximate surface area is 50.2 Å². The second kappa shape index (κ2) is 5.03. The Morgan fingerprint density at radius 1 is 1.75 bits per heavy atom. The van der Waals surface area contributed by atoms with E-state index in [2.05, 4.69) is 12.3 Å². The second-order valence-electron chi connectivity index (χ2n) is 1.73. The molecule has 3 N–H and O–H groups in total. The van der Waals surface area contributed by atoms with E-state index in [9.17, 15) is 0 Å². The normalized spacial score (nSPS) is 13.9. The van der Waals surface area contributed by atoms with E-state index in [4.69, 9.17) is 10.6 Å². The van der Waals surface area contributed by atoms with Crippen molar-refractivity contribution in [2.24, 2.45) is 5.84 Å². The molecule has 0 rings (SSSR count). The minimum Gasteiger partial charge on any atom is -0.383 e. The van der Waals surface area contributed by atoms with E-state index in [-0.39, 0.29) is 0 Å². The van der Waals surface area contributed by atoms with Crippen LogP contribution >= 0.6 is 0 Å². The Morgan fingerprint density at radius 3 is 2.50 bits per heavy atom. The standard InChI is InChI=1S/C5H14N2O/c1-3-5(7-6)4-8-2/h5,7H,3-4,6H2,1-2H3. The summed E-state index contributed by atoms with van der Waals surface area (Å²) in [4.78, 5) is 0. The molecule has 1 unspecified atom stereocenters. The fraction of sp³-hybridized carbons (Fsp3) is 1.00. The van der Waals surface area contributed by atoms with Crippen LogP contribution in [0.2, 0.25) is 0 Å². The van der Waals surface area contributed by atoms with Gasteiger partial charge in [-0.1, -0.05) is 6.92 Å². The van der Waals surface area contributed by atoms with Crippen LogP contribution < -0.4 is 11.3 Å². The van der Waals surface area contributed by atoms with Crippen LogP contribution in [0.5, 0.6) is 0 Å². The molecule has 3 heteroatoms. The average Bonchev–Trinajstić information content (AvgIpc) is 1.83. The maximum absolute atomic E-state index is 5.14. The zero-order valence-corrected chi connectivity index (χ0v) is 5.48. The number of hydrogen-bond acceptors (Lipinski definition) is 3. The fourth-order valence-corrected chi connectivity index (χ4v) is 0.485. The van der Waals surface area contributed by atoms with Gasteiger partial charge >= 0.3 is 0 Å². The molecule has 0 heterocycles. The van der Waals surface area contributed by atoms with Crippen molar-refractivity contribution in [3.8, 4) is 0 Å². The number of rotatable bonds is 4. The van der Waals surface area contributed by atoms with E-state index in [0.29, 0.717) is 12.6 Å². The van der Waals surface area contributed by atoms with Crippen molar-refractivity contribution in [2.75, 3.05) is 13.7 Å². The Balaban J connectivity index is 3.07. The minimum absolute atomic E-state index is 0.306. The number of ether oxygens (including phenoxy) is 1. The van der Waals surface area contributed by atoms with E-state index >= 15 is 0 Å². The van der Waals surface area contributed by atoms with Gasteiger partial charge in [-0.05, 0) is 6.42 Å². The predicted molar refractivity (Wildman–Crippen MR) is 33.3 cm³/mol. The molecule has 0 aromatic carbocycles. The summed E-state index contributed by atoms with van der Waals surface area (Å²) >= 11 is 0. The van der Waals surface area contributed by atoms with Crippen molar-refractivity contribution >= 4 is 0 Å². The topological polar surface area (TPSA) is 47.3 Å². The Bertz CT molecular complexity index is 45.7. The zero-order valence-electron chi connectivity index (χ0n) is 5.48. The van der Waals surface area contributed by atoms with Gasteiger partial charge in [0.2, 0.25) is 0 Å². The van der Waals surface area contributed by atoms with Crippen LogP contribution in [0, 0.1) is 0 Å². The van der Waals surface area contributed by atoms with Gasteiger partial charge in [0.05, 0.1) is 6.61 Å². The Hall–Kier alpha value is -0.120. The summed E-state index contributed by atoms with van der Waals surface area (Å²) in [6.07, 6.45) is 1.00. The number of nitrogens with one attached hydrogen (secondary N) is 1. The van der Waals surface area contributed by atoms with Crippen LogP contribution in [0.4, 0.5) is 0 Å². The molecule has 0 aliphatic heterocycles. The maximum atomic E-state index is 5.14. The lowest BCUT2D eigenvalue weighted by Crippen LogP contribution is -2.37. The van der Waals surface area contributed by atoms with Gasteiger partial charge in [-0.3, -0.25) is 11.3 Å². The third-order valence-corrected chi connectivity index (χ3v) is 1.10. The van der Waals surface area contributed by atoms with E-state index < -0.39 is 0 Å². The van der Waals surface area contributed by atoms with E-state index in [0.717, 1.165) is 6.42 Å². The molecule has 1 atom stereocenters. The molecule has 50 valence electrons. The molecule has 8 heavy (non-hydrogen) atoms. The molecule has 0 aromatic rings. The van der Waals surface area contributed by atoms with Crippen LogP contribution in [0.1, 0.15) is 13.3 Å². The average molecular weight is 118 g/mol. The summed E-state index contributed by atoms with van der Waals surface area (Å²) in [6.45, 7) is 2.75. The molecule has 0 spiro atoms. The molecule has 0 aromatic heterocycles. The lowest BCUT2D eigenvalue weighted by atomic mass is 10.3. The lowest BCUT2D eigenvalue weighted by molar-refractivity contribution is 0.165. The van der Waals surface area contributed by atoms with Crippen LogP contribution in [-0.4, -0.2) is 19.8 Å². The minimum atomic E-state index is 0.306. The van der Waals surface area contributed by atoms with Crippen molar-refractivity contribution in [1.82, 2.24) is 5.43 Å². The monoisotopic (exact) mass is 118 g/mol. The number of hydrogen-bond donors (Lipinski definition) is 2.